The van der Waals surface area contributed by atoms with Crippen LogP contribution in [0.15, 0.2) is 60.1 Å². The summed E-state index contributed by atoms with van der Waals surface area (Å²) >= 11 is 0. The molecule has 0 spiro atoms. The van der Waals surface area contributed by atoms with Gasteiger partial charge in [0.2, 0.25) is 0 Å². The van der Waals surface area contributed by atoms with Crippen molar-refractivity contribution in [3.8, 4) is 0 Å². The van der Waals surface area contributed by atoms with Gasteiger partial charge in [0.15, 0.2) is 0 Å². The number of allylic oxidation sites excluding steroid dienone is 4. The van der Waals surface area contributed by atoms with Crippen LogP contribution < -0.4 is 0 Å². The normalized spacial score (nSPS) is 26.2. The van der Waals surface area contributed by atoms with Gasteiger partial charge in [0.25, 0.3) is 0 Å². The lowest BCUT2D eigenvalue weighted by molar-refractivity contribution is 0.138. The van der Waals surface area contributed by atoms with Crippen LogP contribution in [0.25, 0.3) is 10.8 Å². The minimum absolute atomic E-state index is 0.0771. The van der Waals surface area contributed by atoms with Crippen LogP contribution in [0, 0.1) is 0 Å². The first kappa shape index (κ1) is 12.7. The van der Waals surface area contributed by atoms with E-state index in [0.717, 1.165) is 19.3 Å². The van der Waals surface area contributed by atoms with Crippen LogP contribution >= 0.6 is 0 Å². The fourth-order valence-electron chi connectivity index (χ4n) is 3.87. The van der Waals surface area contributed by atoms with Crippen molar-refractivity contribution in [2.75, 3.05) is 0 Å². The van der Waals surface area contributed by atoms with E-state index in [1.54, 1.807) is 0 Å². The van der Waals surface area contributed by atoms with Crippen LogP contribution in [-0.4, -0.2) is 13.2 Å². The zero-order chi connectivity index (χ0) is 14.5. The molecule has 1 heterocycles. The quantitative estimate of drug-likeness (QED) is 0.734. The molecule has 22 heavy (non-hydrogen) atoms. The molecule has 0 bridgehead atoms. The molecule has 0 radical (unpaired) electrons. The SMILES string of the molecule is C1=CC(B2O[C@H]3CCc4cc5ccccc5cc4[C@H]3O2)=CC1. The Kier molecular flexibility index (Phi) is 2.79. The van der Waals surface area contributed by atoms with E-state index in [1.807, 2.05) is 0 Å². The summed E-state index contributed by atoms with van der Waals surface area (Å²) in [5.74, 6) is 0. The molecular weight excluding hydrogens is 271 g/mol. The first-order valence-electron chi connectivity index (χ1n) is 8.07. The topological polar surface area (TPSA) is 18.5 Å². The molecule has 2 aromatic rings. The van der Waals surface area contributed by atoms with Crippen LogP contribution in [-0.2, 0) is 15.7 Å². The average Bonchev–Trinajstić information content (AvgIpc) is 3.21. The molecule has 1 saturated heterocycles. The lowest BCUT2D eigenvalue weighted by atomic mass is 9.79. The molecule has 0 N–H and O–H groups in total. The Labute approximate surface area is 130 Å². The highest BCUT2D eigenvalue weighted by atomic mass is 16.7. The largest absolute Gasteiger partial charge is 0.494 e. The van der Waals surface area contributed by atoms with Gasteiger partial charge in [0.05, 0.1) is 12.2 Å². The van der Waals surface area contributed by atoms with Gasteiger partial charge in [-0.05, 0) is 52.7 Å². The van der Waals surface area contributed by atoms with Crippen LogP contribution in [0.2, 0.25) is 0 Å². The summed E-state index contributed by atoms with van der Waals surface area (Å²) < 4.78 is 12.5. The number of aryl methyl sites for hydroxylation is 1. The summed E-state index contributed by atoms with van der Waals surface area (Å²) in [4.78, 5) is 0. The van der Waals surface area contributed by atoms with E-state index in [2.05, 4.69) is 54.6 Å². The predicted molar refractivity (Wildman–Crippen MR) is 88.6 cm³/mol. The lowest BCUT2D eigenvalue weighted by Crippen LogP contribution is -2.22. The Morgan fingerprint density at radius 3 is 2.73 bits per heavy atom. The standard InChI is InChI=1S/C19H17BO2/c1-2-6-14-12-17-15(11-13(14)5-1)9-10-18-19(17)22-20(21-18)16-7-3-4-8-16/h1-3,5-8,11-12,18-19H,4,9-10H2/t18-,19+/m0/s1. The molecule has 2 atom stereocenters. The van der Waals surface area contributed by atoms with E-state index in [1.165, 1.54) is 27.4 Å². The second kappa shape index (κ2) is 4.84. The van der Waals surface area contributed by atoms with Gasteiger partial charge < -0.3 is 9.31 Å². The number of hydrogen-bond donors (Lipinski definition) is 0. The van der Waals surface area contributed by atoms with Crippen molar-refractivity contribution < 1.29 is 9.31 Å². The zero-order valence-electron chi connectivity index (χ0n) is 12.4. The van der Waals surface area contributed by atoms with E-state index >= 15 is 0 Å². The van der Waals surface area contributed by atoms with Crippen LogP contribution in [0.1, 0.15) is 30.1 Å². The molecule has 0 aromatic heterocycles. The van der Waals surface area contributed by atoms with Gasteiger partial charge in [-0.2, -0.15) is 0 Å². The maximum absolute atomic E-state index is 6.28. The van der Waals surface area contributed by atoms with Gasteiger partial charge in [0.1, 0.15) is 0 Å². The Balaban J connectivity index is 1.55. The summed E-state index contributed by atoms with van der Waals surface area (Å²) in [6.07, 6.45) is 9.87. The molecule has 0 amide bonds. The van der Waals surface area contributed by atoms with Crippen molar-refractivity contribution in [3.05, 3.63) is 71.2 Å². The third kappa shape index (κ3) is 1.89. The first-order valence-corrected chi connectivity index (χ1v) is 8.07. The minimum Gasteiger partial charge on any atom is -0.401 e. The van der Waals surface area contributed by atoms with E-state index < -0.39 is 0 Å². The average molecular weight is 288 g/mol. The monoisotopic (exact) mass is 288 g/mol. The van der Waals surface area contributed by atoms with Gasteiger partial charge in [-0.3, -0.25) is 0 Å². The summed E-state index contributed by atoms with van der Waals surface area (Å²) in [5.41, 5.74) is 3.91. The molecule has 108 valence electrons. The van der Waals surface area contributed by atoms with Crippen molar-refractivity contribution in [3.63, 3.8) is 0 Å². The van der Waals surface area contributed by atoms with Crippen LogP contribution in [0.3, 0.4) is 0 Å². The zero-order valence-corrected chi connectivity index (χ0v) is 12.4. The van der Waals surface area contributed by atoms with Crippen LogP contribution in [0.4, 0.5) is 0 Å². The Bertz CT molecular complexity index is 808. The Morgan fingerprint density at radius 1 is 1.05 bits per heavy atom. The molecular formula is C19H17BO2. The number of fused-ring (bicyclic) bond motifs is 4. The maximum Gasteiger partial charge on any atom is 0.494 e. The molecule has 1 fully saturated rings. The van der Waals surface area contributed by atoms with Gasteiger partial charge >= 0.3 is 7.12 Å². The Hall–Kier alpha value is -1.84. The van der Waals surface area contributed by atoms with Crippen molar-refractivity contribution in [1.29, 1.82) is 0 Å². The van der Waals surface area contributed by atoms with Crippen molar-refractivity contribution in [2.45, 2.75) is 31.5 Å². The smallest absolute Gasteiger partial charge is 0.401 e. The summed E-state index contributed by atoms with van der Waals surface area (Å²) in [7, 11) is -0.189. The molecule has 2 aromatic carbocycles. The number of hydrogen-bond acceptors (Lipinski definition) is 2. The van der Waals surface area contributed by atoms with Gasteiger partial charge in [-0.25, -0.2) is 0 Å². The van der Waals surface area contributed by atoms with E-state index in [-0.39, 0.29) is 19.3 Å². The molecule has 3 aliphatic rings. The molecule has 5 rings (SSSR count). The predicted octanol–water partition coefficient (Wildman–Crippen LogP) is 4.16. The third-order valence-corrected chi connectivity index (χ3v) is 4.99. The number of benzene rings is 2. The van der Waals surface area contributed by atoms with Gasteiger partial charge in [-0.1, -0.05) is 48.6 Å². The summed E-state index contributed by atoms with van der Waals surface area (Å²) in [6.45, 7) is 0. The highest BCUT2D eigenvalue weighted by Crippen LogP contribution is 2.42. The second-order valence-corrected chi connectivity index (χ2v) is 6.34. The minimum atomic E-state index is -0.189. The molecule has 1 aliphatic heterocycles. The van der Waals surface area contributed by atoms with E-state index in [0.29, 0.717) is 0 Å². The van der Waals surface area contributed by atoms with Crippen molar-refractivity contribution in [1.82, 2.24) is 0 Å². The third-order valence-electron chi connectivity index (χ3n) is 4.99. The molecule has 0 saturated carbocycles. The molecule has 2 nitrogen and oxygen atoms in total. The summed E-state index contributed by atoms with van der Waals surface area (Å²) in [6, 6.07) is 13.2. The lowest BCUT2D eigenvalue weighted by Gasteiger charge is -2.27. The fraction of sp³-hybridized carbons (Fsp3) is 0.263. The second-order valence-electron chi connectivity index (χ2n) is 6.34. The van der Waals surface area contributed by atoms with E-state index in [4.69, 9.17) is 9.31 Å². The summed E-state index contributed by atoms with van der Waals surface area (Å²) in [5, 5.41) is 2.60. The molecule has 3 heteroatoms. The van der Waals surface area contributed by atoms with E-state index in [9.17, 15) is 0 Å². The molecule has 0 unspecified atom stereocenters. The maximum atomic E-state index is 6.28. The van der Waals surface area contributed by atoms with Gasteiger partial charge in [-0.15, -0.1) is 0 Å². The first-order chi connectivity index (χ1) is 10.9. The molecule has 2 aliphatic carbocycles. The Morgan fingerprint density at radius 2 is 1.91 bits per heavy atom. The highest BCUT2D eigenvalue weighted by Gasteiger charge is 2.44. The highest BCUT2D eigenvalue weighted by molar-refractivity contribution is 6.55. The van der Waals surface area contributed by atoms with Gasteiger partial charge in [0, 0.05) is 0 Å². The van der Waals surface area contributed by atoms with Crippen LogP contribution in [0.5, 0.6) is 0 Å². The number of rotatable bonds is 1. The fourth-order valence-corrected chi connectivity index (χ4v) is 3.87. The van der Waals surface area contributed by atoms with Crippen molar-refractivity contribution >= 4 is 17.9 Å². The van der Waals surface area contributed by atoms with Crippen molar-refractivity contribution in [2.24, 2.45) is 0 Å².